The van der Waals surface area contributed by atoms with Crippen molar-refractivity contribution in [2.45, 2.75) is 18.8 Å². The van der Waals surface area contributed by atoms with Crippen molar-refractivity contribution in [1.29, 1.82) is 0 Å². The van der Waals surface area contributed by atoms with Crippen molar-refractivity contribution < 1.29 is 4.74 Å². The molecule has 3 nitrogen and oxygen atoms in total. The van der Waals surface area contributed by atoms with Crippen molar-refractivity contribution >= 4 is 17.2 Å². The summed E-state index contributed by atoms with van der Waals surface area (Å²) in [7, 11) is 1.78. The van der Waals surface area contributed by atoms with Crippen LogP contribution in [-0.2, 0) is 4.74 Å². The monoisotopic (exact) mass is 292 g/mol. The van der Waals surface area contributed by atoms with Gasteiger partial charge in [-0.2, -0.15) is 0 Å². The number of methoxy groups -OCH3 is 1. The van der Waals surface area contributed by atoms with Crippen molar-refractivity contribution in [1.82, 2.24) is 4.90 Å². The van der Waals surface area contributed by atoms with Crippen LogP contribution in [0.2, 0.25) is 0 Å². The van der Waals surface area contributed by atoms with Crippen LogP contribution in [0.1, 0.15) is 24.3 Å². The number of piperidine rings is 1. The number of ether oxygens (including phenoxy) is 1. The zero-order chi connectivity index (χ0) is 14.4. The summed E-state index contributed by atoms with van der Waals surface area (Å²) in [5.74, 6) is 0.781. The first kappa shape index (κ1) is 15.4. The van der Waals surface area contributed by atoms with Crippen LogP contribution in [0.25, 0.3) is 0 Å². The van der Waals surface area contributed by atoms with E-state index in [9.17, 15) is 0 Å². The normalized spacial score (nSPS) is 21.6. The Morgan fingerprint density at radius 1 is 1.45 bits per heavy atom. The summed E-state index contributed by atoms with van der Waals surface area (Å²) in [5.41, 5.74) is 7.18. The molecule has 1 fully saturated rings. The molecule has 1 aromatic carbocycles. The molecule has 0 spiro atoms. The number of hydrogen-bond acceptors (Lipinski definition) is 3. The number of thiocarbonyl (C=S) groups is 1. The second kappa shape index (κ2) is 7.72. The zero-order valence-electron chi connectivity index (χ0n) is 12.1. The van der Waals surface area contributed by atoms with E-state index in [1.54, 1.807) is 7.11 Å². The van der Waals surface area contributed by atoms with Crippen LogP contribution in [0.4, 0.5) is 0 Å². The Labute approximate surface area is 127 Å². The lowest BCUT2D eigenvalue weighted by Gasteiger charge is -2.34. The van der Waals surface area contributed by atoms with E-state index < -0.39 is 0 Å². The maximum atomic E-state index is 5.96. The van der Waals surface area contributed by atoms with Gasteiger partial charge in [0.25, 0.3) is 0 Å². The SMILES string of the molecule is COCC1CCCN(CC(C(N)=S)c2ccccc2)C1. The third-order valence-electron chi connectivity index (χ3n) is 3.99. The maximum absolute atomic E-state index is 5.96. The molecule has 1 aromatic rings. The van der Waals surface area contributed by atoms with E-state index in [0.29, 0.717) is 10.9 Å². The summed E-state index contributed by atoms with van der Waals surface area (Å²) in [4.78, 5) is 3.06. The predicted molar refractivity (Wildman–Crippen MR) is 87.0 cm³/mol. The van der Waals surface area contributed by atoms with Crippen molar-refractivity contribution in [2.75, 3.05) is 33.4 Å². The van der Waals surface area contributed by atoms with Crippen LogP contribution >= 0.6 is 12.2 Å². The highest BCUT2D eigenvalue weighted by Crippen LogP contribution is 2.22. The van der Waals surface area contributed by atoms with Gasteiger partial charge in [0.2, 0.25) is 0 Å². The molecule has 0 saturated carbocycles. The van der Waals surface area contributed by atoms with Crippen LogP contribution in [0.5, 0.6) is 0 Å². The molecule has 0 radical (unpaired) electrons. The van der Waals surface area contributed by atoms with E-state index in [0.717, 1.165) is 26.2 Å². The molecule has 2 atom stereocenters. The Morgan fingerprint density at radius 2 is 2.20 bits per heavy atom. The third kappa shape index (κ3) is 4.27. The third-order valence-corrected chi connectivity index (χ3v) is 4.28. The summed E-state index contributed by atoms with van der Waals surface area (Å²) in [6.45, 7) is 3.98. The van der Waals surface area contributed by atoms with Gasteiger partial charge in [0.15, 0.2) is 0 Å². The van der Waals surface area contributed by atoms with Gasteiger partial charge in [0.1, 0.15) is 0 Å². The first-order valence-electron chi connectivity index (χ1n) is 7.26. The predicted octanol–water partition coefficient (Wildman–Crippen LogP) is 2.41. The van der Waals surface area contributed by atoms with Gasteiger partial charge in [-0.3, -0.25) is 0 Å². The Hall–Kier alpha value is -0.970. The van der Waals surface area contributed by atoms with E-state index in [1.165, 1.54) is 18.4 Å². The van der Waals surface area contributed by atoms with Gasteiger partial charge in [-0.15, -0.1) is 0 Å². The molecule has 20 heavy (non-hydrogen) atoms. The highest BCUT2D eigenvalue weighted by molar-refractivity contribution is 7.80. The molecular weight excluding hydrogens is 268 g/mol. The van der Waals surface area contributed by atoms with Crippen LogP contribution in [0.3, 0.4) is 0 Å². The minimum Gasteiger partial charge on any atom is -0.393 e. The number of likely N-dealkylation sites (tertiary alicyclic amines) is 1. The van der Waals surface area contributed by atoms with Gasteiger partial charge in [0, 0.05) is 26.1 Å². The van der Waals surface area contributed by atoms with Crippen LogP contribution < -0.4 is 5.73 Å². The van der Waals surface area contributed by atoms with Crippen LogP contribution in [-0.4, -0.2) is 43.2 Å². The van der Waals surface area contributed by atoms with Crippen molar-refractivity contribution in [2.24, 2.45) is 11.7 Å². The van der Waals surface area contributed by atoms with Gasteiger partial charge in [-0.05, 0) is 30.9 Å². The Morgan fingerprint density at radius 3 is 2.85 bits per heavy atom. The zero-order valence-corrected chi connectivity index (χ0v) is 12.9. The molecule has 2 unspecified atom stereocenters. The fourth-order valence-electron chi connectivity index (χ4n) is 2.99. The Balaban J connectivity index is 2.00. The lowest BCUT2D eigenvalue weighted by atomic mass is 9.94. The molecule has 2 rings (SSSR count). The molecule has 1 aliphatic heterocycles. The highest BCUT2D eigenvalue weighted by Gasteiger charge is 2.24. The molecule has 0 amide bonds. The molecule has 1 saturated heterocycles. The summed E-state index contributed by atoms with van der Waals surface area (Å²) < 4.78 is 5.29. The Bertz CT molecular complexity index is 422. The van der Waals surface area contributed by atoms with Gasteiger partial charge in [-0.25, -0.2) is 0 Å². The van der Waals surface area contributed by atoms with E-state index in [1.807, 2.05) is 18.2 Å². The minimum absolute atomic E-state index is 0.146. The van der Waals surface area contributed by atoms with Gasteiger partial charge in [-0.1, -0.05) is 42.5 Å². The van der Waals surface area contributed by atoms with Gasteiger partial charge >= 0.3 is 0 Å². The fourth-order valence-corrected chi connectivity index (χ4v) is 3.20. The first-order valence-corrected chi connectivity index (χ1v) is 7.67. The second-order valence-corrected chi connectivity index (χ2v) is 6.06. The number of nitrogens with zero attached hydrogens (tertiary/aromatic N) is 1. The Kier molecular flexibility index (Phi) is 5.95. The number of nitrogens with two attached hydrogens (primary N) is 1. The molecular formula is C16H24N2OS. The largest absolute Gasteiger partial charge is 0.393 e. The molecule has 1 heterocycles. The maximum Gasteiger partial charge on any atom is 0.0816 e. The van der Waals surface area contributed by atoms with E-state index >= 15 is 0 Å². The van der Waals surface area contributed by atoms with Gasteiger partial charge in [0.05, 0.1) is 11.6 Å². The highest BCUT2D eigenvalue weighted by atomic mass is 32.1. The molecule has 0 aliphatic carbocycles. The van der Waals surface area contributed by atoms with E-state index in [4.69, 9.17) is 22.7 Å². The first-order chi connectivity index (χ1) is 9.70. The fraction of sp³-hybridized carbons (Fsp3) is 0.562. The van der Waals surface area contributed by atoms with E-state index in [-0.39, 0.29) is 5.92 Å². The minimum atomic E-state index is 0.146. The number of benzene rings is 1. The van der Waals surface area contributed by atoms with Crippen molar-refractivity contribution in [3.05, 3.63) is 35.9 Å². The summed E-state index contributed by atoms with van der Waals surface area (Å²) in [6.07, 6.45) is 2.49. The molecule has 2 N–H and O–H groups in total. The molecule has 110 valence electrons. The smallest absolute Gasteiger partial charge is 0.0816 e. The average molecular weight is 292 g/mol. The summed E-state index contributed by atoms with van der Waals surface area (Å²) in [6, 6.07) is 10.3. The topological polar surface area (TPSA) is 38.5 Å². The molecule has 1 aliphatic rings. The number of hydrogen-bond donors (Lipinski definition) is 1. The molecule has 0 aromatic heterocycles. The van der Waals surface area contributed by atoms with Crippen LogP contribution in [0.15, 0.2) is 30.3 Å². The summed E-state index contributed by atoms with van der Waals surface area (Å²) >= 11 is 5.27. The van der Waals surface area contributed by atoms with Crippen LogP contribution in [0, 0.1) is 5.92 Å². The standard InChI is InChI=1S/C16H24N2OS/c1-19-12-13-6-5-9-18(10-13)11-15(16(17)20)14-7-3-2-4-8-14/h2-4,7-8,13,15H,5-6,9-12H2,1H3,(H2,17,20). The average Bonchev–Trinajstić information content (AvgIpc) is 2.46. The quantitative estimate of drug-likeness (QED) is 0.817. The van der Waals surface area contributed by atoms with Crippen molar-refractivity contribution in [3.63, 3.8) is 0 Å². The summed E-state index contributed by atoms with van der Waals surface area (Å²) in [5, 5.41) is 0. The van der Waals surface area contributed by atoms with Gasteiger partial charge < -0.3 is 15.4 Å². The second-order valence-electron chi connectivity index (χ2n) is 5.59. The lowest BCUT2D eigenvalue weighted by molar-refractivity contribution is 0.0902. The lowest BCUT2D eigenvalue weighted by Crippen LogP contribution is -2.41. The van der Waals surface area contributed by atoms with Crippen molar-refractivity contribution in [3.8, 4) is 0 Å². The molecule has 0 bridgehead atoms. The number of rotatable bonds is 6. The van der Waals surface area contributed by atoms with E-state index in [2.05, 4.69) is 17.0 Å². The molecule has 4 heteroatoms.